The van der Waals surface area contributed by atoms with E-state index in [0.29, 0.717) is 6.04 Å². The highest BCUT2D eigenvalue weighted by molar-refractivity contribution is 5.75. The standard InChI is InChI=1S/C15H25N5O/c1-11-16-14(18-17-11)13-9-5-6-10-20(13)15(21)19(2)12-7-3-4-8-12/h12-13H,3-10H2,1-2H3,(H,16,17,18). The zero-order valence-electron chi connectivity index (χ0n) is 13.0. The van der Waals surface area contributed by atoms with Crippen molar-refractivity contribution >= 4 is 6.03 Å². The molecule has 3 rings (SSSR count). The monoisotopic (exact) mass is 291 g/mol. The zero-order valence-corrected chi connectivity index (χ0v) is 13.0. The van der Waals surface area contributed by atoms with Crippen LogP contribution < -0.4 is 0 Å². The number of urea groups is 1. The van der Waals surface area contributed by atoms with Crippen LogP contribution in [-0.2, 0) is 0 Å². The van der Waals surface area contributed by atoms with Gasteiger partial charge in [-0.05, 0) is 39.0 Å². The molecule has 6 nitrogen and oxygen atoms in total. The van der Waals surface area contributed by atoms with Crippen molar-refractivity contribution in [2.24, 2.45) is 0 Å². The first-order valence-corrected chi connectivity index (χ1v) is 8.09. The Kier molecular flexibility index (Phi) is 4.12. The minimum Gasteiger partial charge on any atom is -0.325 e. The summed E-state index contributed by atoms with van der Waals surface area (Å²) in [7, 11) is 1.95. The molecular weight excluding hydrogens is 266 g/mol. The molecule has 2 fully saturated rings. The number of rotatable bonds is 2. The van der Waals surface area contributed by atoms with E-state index in [9.17, 15) is 4.79 Å². The van der Waals surface area contributed by atoms with Crippen LogP contribution in [0.2, 0.25) is 0 Å². The zero-order chi connectivity index (χ0) is 14.8. The van der Waals surface area contributed by atoms with E-state index >= 15 is 0 Å². The molecule has 2 amide bonds. The highest BCUT2D eigenvalue weighted by Crippen LogP contribution is 2.31. The predicted octanol–water partition coefficient (Wildman–Crippen LogP) is 2.63. The number of piperidine rings is 1. The van der Waals surface area contributed by atoms with Crippen molar-refractivity contribution in [2.75, 3.05) is 13.6 Å². The van der Waals surface area contributed by atoms with Crippen LogP contribution in [0, 0.1) is 6.92 Å². The second-order valence-corrected chi connectivity index (χ2v) is 6.32. The third-order valence-electron chi connectivity index (χ3n) is 4.84. The van der Waals surface area contributed by atoms with Gasteiger partial charge in [0.25, 0.3) is 0 Å². The van der Waals surface area contributed by atoms with Gasteiger partial charge in [0.2, 0.25) is 0 Å². The number of aromatic amines is 1. The first kappa shape index (κ1) is 14.4. The van der Waals surface area contributed by atoms with E-state index in [0.717, 1.165) is 50.3 Å². The third kappa shape index (κ3) is 2.89. The molecule has 0 aromatic carbocycles. The number of aromatic nitrogens is 3. The summed E-state index contributed by atoms with van der Waals surface area (Å²) >= 11 is 0. The SMILES string of the molecule is Cc1nc(C2CCCCN2C(=O)N(C)C2CCCC2)n[nH]1. The van der Waals surface area contributed by atoms with Gasteiger partial charge in [-0.2, -0.15) is 5.10 Å². The van der Waals surface area contributed by atoms with E-state index in [1.807, 2.05) is 23.8 Å². The first-order chi connectivity index (χ1) is 10.2. The van der Waals surface area contributed by atoms with Crippen molar-refractivity contribution < 1.29 is 4.79 Å². The van der Waals surface area contributed by atoms with E-state index in [2.05, 4.69) is 15.2 Å². The lowest BCUT2D eigenvalue weighted by molar-refractivity contribution is 0.108. The summed E-state index contributed by atoms with van der Waals surface area (Å²) in [6, 6.07) is 0.586. The van der Waals surface area contributed by atoms with Gasteiger partial charge in [0, 0.05) is 19.6 Å². The Balaban J connectivity index is 1.75. The fraction of sp³-hybridized carbons (Fsp3) is 0.800. The molecule has 0 radical (unpaired) electrons. The molecule has 2 aliphatic rings. The normalized spacial score (nSPS) is 23.5. The molecule has 6 heteroatoms. The summed E-state index contributed by atoms with van der Waals surface area (Å²) in [5.41, 5.74) is 0. The van der Waals surface area contributed by atoms with Gasteiger partial charge in [0.05, 0.1) is 6.04 Å². The first-order valence-electron chi connectivity index (χ1n) is 8.09. The predicted molar refractivity (Wildman–Crippen MR) is 79.8 cm³/mol. The van der Waals surface area contributed by atoms with Crippen LogP contribution in [0.1, 0.15) is 62.6 Å². The van der Waals surface area contributed by atoms with Gasteiger partial charge in [0.15, 0.2) is 5.82 Å². The molecule has 1 aliphatic heterocycles. The minimum absolute atomic E-state index is 0.0278. The molecule has 2 heterocycles. The molecule has 1 saturated heterocycles. The van der Waals surface area contributed by atoms with Crippen molar-refractivity contribution in [3.63, 3.8) is 0 Å². The average Bonchev–Trinajstić information content (AvgIpc) is 3.17. The van der Waals surface area contributed by atoms with Crippen molar-refractivity contribution in [1.82, 2.24) is 25.0 Å². The fourth-order valence-electron chi connectivity index (χ4n) is 3.59. The topological polar surface area (TPSA) is 65.1 Å². The summed E-state index contributed by atoms with van der Waals surface area (Å²) in [5, 5.41) is 7.18. The number of carbonyl (C=O) groups excluding carboxylic acids is 1. The summed E-state index contributed by atoms with van der Waals surface area (Å²) in [4.78, 5) is 21.2. The lowest BCUT2D eigenvalue weighted by Gasteiger charge is -2.38. The molecular formula is C15H25N5O. The van der Waals surface area contributed by atoms with Crippen molar-refractivity contribution in [1.29, 1.82) is 0 Å². The number of nitrogens with zero attached hydrogens (tertiary/aromatic N) is 4. The molecule has 0 spiro atoms. The van der Waals surface area contributed by atoms with Crippen LogP contribution in [0.3, 0.4) is 0 Å². The van der Waals surface area contributed by atoms with E-state index in [-0.39, 0.29) is 12.1 Å². The summed E-state index contributed by atoms with van der Waals surface area (Å²) in [6.07, 6.45) is 7.93. The second kappa shape index (κ2) is 6.03. The van der Waals surface area contributed by atoms with E-state index in [1.54, 1.807) is 0 Å². The van der Waals surface area contributed by atoms with Crippen molar-refractivity contribution in [3.8, 4) is 0 Å². The summed E-state index contributed by atoms with van der Waals surface area (Å²) in [6.45, 7) is 2.71. The van der Waals surface area contributed by atoms with Gasteiger partial charge in [-0.3, -0.25) is 5.10 Å². The minimum atomic E-state index is 0.0278. The van der Waals surface area contributed by atoms with Gasteiger partial charge in [0.1, 0.15) is 5.82 Å². The molecule has 0 bridgehead atoms. The van der Waals surface area contributed by atoms with E-state index < -0.39 is 0 Å². The van der Waals surface area contributed by atoms with Crippen molar-refractivity contribution in [2.45, 2.75) is 64.0 Å². The quantitative estimate of drug-likeness (QED) is 0.911. The van der Waals surface area contributed by atoms with Gasteiger partial charge in [-0.1, -0.05) is 12.8 Å². The lowest BCUT2D eigenvalue weighted by Crippen LogP contribution is -2.48. The molecule has 116 valence electrons. The molecule has 1 atom stereocenters. The Morgan fingerprint density at radius 1 is 1.24 bits per heavy atom. The number of likely N-dealkylation sites (tertiary alicyclic amines) is 1. The van der Waals surface area contributed by atoms with Gasteiger partial charge in [-0.25, -0.2) is 9.78 Å². The Morgan fingerprint density at radius 3 is 2.62 bits per heavy atom. The van der Waals surface area contributed by atoms with Crippen LogP contribution in [-0.4, -0.2) is 50.6 Å². The number of H-pyrrole nitrogens is 1. The Hall–Kier alpha value is -1.59. The van der Waals surface area contributed by atoms with E-state index in [4.69, 9.17) is 0 Å². The van der Waals surface area contributed by atoms with Crippen LogP contribution in [0.15, 0.2) is 0 Å². The highest BCUT2D eigenvalue weighted by atomic mass is 16.2. The maximum Gasteiger partial charge on any atom is 0.320 e. The van der Waals surface area contributed by atoms with E-state index in [1.165, 1.54) is 12.8 Å². The molecule has 1 saturated carbocycles. The van der Waals surface area contributed by atoms with Gasteiger partial charge >= 0.3 is 6.03 Å². The smallest absolute Gasteiger partial charge is 0.320 e. The highest BCUT2D eigenvalue weighted by Gasteiger charge is 2.34. The number of amides is 2. The Bertz CT molecular complexity index is 494. The largest absolute Gasteiger partial charge is 0.325 e. The Labute approximate surface area is 125 Å². The number of hydrogen-bond donors (Lipinski definition) is 1. The molecule has 1 aromatic rings. The lowest BCUT2D eigenvalue weighted by atomic mass is 10.0. The number of aryl methyl sites for hydroxylation is 1. The van der Waals surface area contributed by atoms with Crippen molar-refractivity contribution in [3.05, 3.63) is 11.6 Å². The second-order valence-electron chi connectivity index (χ2n) is 6.32. The molecule has 1 aromatic heterocycles. The molecule has 21 heavy (non-hydrogen) atoms. The molecule has 1 N–H and O–H groups in total. The number of carbonyl (C=O) groups is 1. The molecule has 1 aliphatic carbocycles. The van der Waals surface area contributed by atoms with Gasteiger partial charge < -0.3 is 9.80 Å². The van der Waals surface area contributed by atoms with Crippen LogP contribution in [0.25, 0.3) is 0 Å². The maximum absolute atomic E-state index is 12.9. The molecule has 1 unspecified atom stereocenters. The Morgan fingerprint density at radius 2 is 1.95 bits per heavy atom. The van der Waals surface area contributed by atoms with Crippen LogP contribution in [0.5, 0.6) is 0 Å². The fourth-order valence-corrected chi connectivity index (χ4v) is 3.59. The maximum atomic E-state index is 12.9. The van der Waals surface area contributed by atoms with Gasteiger partial charge in [-0.15, -0.1) is 0 Å². The van der Waals surface area contributed by atoms with Crippen LogP contribution in [0.4, 0.5) is 4.79 Å². The summed E-state index contributed by atoms with van der Waals surface area (Å²) in [5.74, 6) is 1.58. The number of nitrogens with one attached hydrogen (secondary N) is 1. The average molecular weight is 291 g/mol. The summed E-state index contributed by atoms with van der Waals surface area (Å²) < 4.78 is 0. The van der Waals surface area contributed by atoms with Crippen LogP contribution >= 0.6 is 0 Å². The third-order valence-corrected chi connectivity index (χ3v) is 4.84. The number of hydrogen-bond acceptors (Lipinski definition) is 3.